The molecular formula is C21H28ClNO2. The van der Waals surface area contributed by atoms with Gasteiger partial charge in [0.1, 0.15) is 18.1 Å². The first-order valence-corrected chi connectivity index (χ1v) is 9.20. The number of aryl methyl sites for hydroxylation is 2. The van der Waals surface area contributed by atoms with Crippen molar-refractivity contribution < 1.29 is 9.47 Å². The Morgan fingerprint density at radius 2 is 1.64 bits per heavy atom. The molecular weight excluding hydrogens is 334 g/mol. The predicted molar refractivity (Wildman–Crippen MR) is 106 cm³/mol. The molecule has 0 aromatic heterocycles. The van der Waals surface area contributed by atoms with Gasteiger partial charge in [0.05, 0.1) is 6.61 Å². The van der Waals surface area contributed by atoms with Crippen molar-refractivity contribution in [3.63, 3.8) is 0 Å². The average Bonchev–Trinajstić information content (AvgIpc) is 2.56. The van der Waals surface area contributed by atoms with Gasteiger partial charge in [0.15, 0.2) is 0 Å². The Morgan fingerprint density at radius 1 is 0.960 bits per heavy atom. The molecule has 2 aromatic rings. The van der Waals surface area contributed by atoms with Gasteiger partial charge in [-0.1, -0.05) is 31.5 Å². The van der Waals surface area contributed by atoms with Crippen molar-refractivity contribution in [1.29, 1.82) is 0 Å². The molecule has 3 nitrogen and oxygen atoms in total. The lowest BCUT2D eigenvalue weighted by atomic mass is 10.1. The molecule has 1 N–H and O–H groups in total. The van der Waals surface area contributed by atoms with Gasteiger partial charge in [-0.15, -0.1) is 0 Å². The zero-order chi connectivity index (χ0) is 18.2. The molecule has 0 saturated heterocycles. The number of halogens is 1. The van der Waals surface area contributed by atoms with Gasteiger partial charge in [0.25, 0.3) is 0 Å². The highest BCUT2D eigenvalue weighted by Crippen LogP contribution is 2.25. The van der Waals surface area contributed by atoms with Gasteiger partial charge in [-0.2, -0.15) is 0 Å². The van der Waals surface area contributed by atoms with Gasteiger partial charge in [0, 0.05) is 23.3 Å². The van der Waals surface area contributed by atoms with Crippen LogP contribution in [0.2, 0.25) is 5.02 Å². The molecule has 0 unspecified atom stereocenters. The van der Waals surface area contributed by atoms with Crippen molar-refractivity contribution in [2.45, 2.75) is 34.1 Å². The number of rotatable bonds is 9. The highest BCUT2D eigenvalue weighted by Gasteiger charge is 2.04. The lowest BCUT2D eigenvalue weighted by Gasteiger charge is -2.12. The fourth-order valence-corrected chi connectivity index (χ4v) is 2.57. The van der Waals surface area contributed by atoms with Crippen LogP contribution in [0.5, 0.6) is 11.5 Å². The highest BCUT2D eigenvalue weighted by molar-refractivity contribution is 6.32. The van der Waals surface area contributed by atoms with E-state index in [1.807, 2.05) is 50.2 Å². The van der Waals surface area contributed by atoms with Crippen molar-refractivity contribution in [2.75, 3.05) is 25.1 Å². The van der Waals surface area contributed by atoms with Crippen LogP contribution in [0.4, 0.5) is 5.69 Å². The number of hydrogen-bond donors (Lipinski definition) is 1. The third kappa shape index (κ3) is 6.50. The van der Waals surface area contributed by atoms with E-state index < -0.39 is 0 Å². The summed E-state index contributed by atoms with van der Waals surface area (Å²) in [6.45, 7) is 10.4. The molecule has 0 amide bonds. The van der Waals surface area contributed by atoms with Gasteiger partial charge in [-0.25, -0.2) is 0 Å². The van der Waals surface area contributed by atoms with Gasteiger partial charge < -0.3 is 14.8 Å². The minimum absolute atomic E-state index is 0.582. The summed E-state index contributed by atoms with van der Waals surface area (Å²) in [5.41, 5.74) is 3.11. The molecule has 0 aliphatic rings. The minimum atomic E-state index is 0.582. The van der Waals surface area contributed by atoms with E-state index in [1.165, 1.54) is 0 Å². The zero-order valence-electron chi connectivity index (χ0n) is 15.6. The molecule has 0 aliphatic carbocycles. The van der Waals surface area contributed by atoms with Gasteiger partial charge in [0.2, 0.25) is 0 Å². The molecule has 136 valence electrons. The Morgan fingerprint density at radius 3 is 2.32 bits per heavy atom. The molecule has 0 heterocycles. The normalized spacial score (nSPS) is 10.8. The summed E-state index contributed by atoms with van der Waals surface area (Å²) in [5.74, 6) is 2.40. The van der Waals surface area contributed by atoms with Gasteiger partial charge >= 0.3 is 0 Å². The summed E-state index contributed by atoms with van der Waals surface area (Å²) in [5, 5.41) is 4.17. The maximum atomic E-state index is 6.18. The van der Waals surface area contributed by atoms with Crippen LogP contribution in [-0.2, 0) is 0 Å². The van der Waals surface area contributed by atoms with Crippen molar-refractivity contribution in [2.24, 2.45) is 5.92 Å². The first-order chi connectivity index (χ1) is 12.0. The number of nitrogens with one attached hydrogen (secondary N) is 1. The summed E-state index contributed by atoms with van der Waals surface area (Å²) < 4.78 is 11.6. The summed E-state index contributed by atoms with van der Waals surface area (Å²) in [4.78, 5) is 0. The SMILES string of the molecule is Cc1cc(OCCNc2cccc(OCCC(C)C)c2)cc(C)c1Cl. The van der Waals surface area contributed by atoms with E-state index in [1.54, 1.807) is 0 Å². The summed E-state index contributed by atoms with van der Waals surface area (Å²) in [7, 11) is 0. The van der Waals surface area contributed by atoms with Crippen LogP contribution in [0, 0.1) is 19.8 Å². The maximum Gasteiger partial charge on any atom is 0.121 e. The quantitative estimate of drug-likeness (QED) is 0.566. The van der Waals surface area contributed by atoms with Gasteiger partial charge in [-0.05, 0) is 61.6 Å². The molecule has 2 aromatic carbocycles. The molecule has 0 bridgehead atoms. The third-order valence-electron chi connectivity index (χ3n) is 3.91. The van der Waals surface area contributed by atoms with Crippen LogP contribution in [0.3, 0.4) is 0 Å². The first kappa shape index (κ1) is 19.5. The van der Waals surface area contributed by atoms with E-state index in [4.69, 9.17) is 21.1 Å². The molecule has 0 atom stereocenters. The van der Waals surface area contributed by atoms with E-state index in [0.717, 1.165) is 52.9 Å². The Balaban J connectivity index is 1.78. The maximum absolute atomic E-state index is 6.18. The Bertz CT molecular complexity index is 662. The first-order valence-electron chi connectivity index (χ1n) is 8.82. The fourth-order valence-electron chi connectivity index (χ4n) is 2.46. The molecule has 25 heavy (non-hydrogen) atoms. The van der Waals surface area contributed by atoms with Crippen LogP contribution in [0.1, 0.15) is 31.4 Å². The van der Waals surface area contributed by atoms with Crippen LogP contribution >= 0.6 is 11.6 Å². The van der Waals surface area contributed by atoms with Gasteiger partial charge in [-0.3, -0.25) is 0 Å². The molecule has 0 spiro atoms. The Kier molecular flexibility index (Phi) is 7.45. The predicted octanol–water partition coefficient (Wildman–Crippen LogP) is 5.87. The summed E-state index contributed by atoms with van der Waals surface area (Å²) in [6, 6.07) is 12.0. The van der Waals surface area contributed by atoms with Crippen molar-refractivity contribution >= 4 is 17.3 Å². The summed E-state index contributed by atoms with van der Waals surface area (Å²) >= 11 is 6.18. The van der Waals surface area contributed by atoms with Crippen LogP contribution in [0.25, 0.3) is 0 Å². The molecule has 4 heteroatoms. The number of hydrogen-bond acceptors (Lipinski definition) is 3. The third-order valence-corrected chi connectivity index (χ3v) is 4.50. The monoisotopic (exact) mass is 361 g/mol. The van der Waals surface area contributed by atoms with E-state index >= 15 is 0 Å². The van der Waals surface area contributed by atoms with Crippen molar-refractivity contribution in [1.82, 2.24) is 0 Å². The number of ether oxygens (including phenoxy) is 2. The summed E-state index contributed by atoms with van der Waals surface area (Å²) in [6.07, 6.45) is 1.06. The van der Waals surface area contributed by atoms with E-state index in [0.29, 0.717) is 12.5 Å². The Hall–Kier alpha value is -1.87. The molecule has 0 saturated carbocycles. The average molecular weight is 362 g/mol. The van der Waals surface area contributed by atoms with Crippen molar-refractivity contribution in [3.8, 4) is 11.5 Å². The van der Waals surface area contributed by atoms with E-state index in [9.17, 15) is 0 Å². The smallest absolute Gasteiger partial charge is 0.121 e. The topological polar surface area (TPSA) is 30.5 Å². The lowest BCUT2D eigenvalue weighted by molar-refractivity contribution is 0.289. The number of anilines is 1. The van der Waals surface area contributed by atoms with Crippen LogP contribution in [-0.4, -0.2) is 19.8 Å². The molecule has 0 radical (unpaired) electrons. The molecule has 2 rings (SSSR count). The van der Waals surface area contributed by atoms with Crippen LogP contribution in [0.15, 0.2) is 36.4 Å². The second kappa shape index (κ2) is 9.57. The zero-order valence-corrected chi connectivity index (χ0v) is 16.3. The van der Waals surface area contributed by atoms with Crippen molar-refractivity contribution in [3.05, 3.63) is 52.5 Å². The largest absolute Gasteiger partial charge is 0.494 e. The number of benzene rings is 2. The lowest BCUT2D eigenvalue weighted by Crippen LogP contribution is -2.11. The molecule has 0 fully saturated rings. The second-order valence-corrected chi connectivity index (χ2v) is 7.08. The van der Waals surface area contributed by atoms with E-state index in [-0.39, 0.29) is 0 Å². The standard InChI is InChI=1S/C21H28ClNO2/c1-15(2)8-10-24-19-7-5-6-18(14-19)23-9-11-25-20-12-16(3)21(22)17(4)13-20/h5-7,12-15,23H,8-11H2,1-4H3. The molecule has 0 aliphatic heterocycles. The second-order valence-electron chi connectivity index (χ2n) is 6.71. The minimum Gasteiger partial charge on any atom is -0.494 e. The van der Waals surface area contributed by atoms with Crippen LogP contribution < -0.4 is 14.8 Å². The van der Waals surface area contributed by atoms with E-state index in [2.05, 4.69) is 19.2 Å². The highest BCUT2D eigenvalue weighted by atomic mass is 35.5. The Labute approximate surface area is 156 Å². The fraction of sp³-hybridized carbons (Fsp3) is 0.429.